The van der Waals surface area contributed by atoms with Gasteiger partial charge in [-0.25, -0.2) is 4.98 Å². The fourth-order valence-electron chi connectivity index (χ4n) is 13.7. The molecule has 0 fully saturated rings. The van der Waals surface area contributed by atoms with Crippen molar-refractivity contribution in [3.8, 4) is 50.7 Å². The van der Waals surface area contributed by atoms with Crippen molar-refractivity contribution in [3.63, 3.8) is 0 Å². The Kier molecular flexibility index (Phi) is 12.8. The molecule has 3 aliphatic carbocycles. The average molecular weight is 1260 g/mol. The largest absolute Gasteiger partial charge is 0.509 e. The van der Waals surface area contributed by atoms with Gasteiger partial charge in [0.15, 0.2) is 0 Å². The normalized spacial score (nSPS) is 15.6. The number of para-hydroxylation sites is 2. The summed E-state index contributed by atoms with van der Waals surface area (Å²) >= 11 is 0. The second kappa shape index (κ2) is 19.4. The van der Waals surface area contributed by atoms with E-state index in [1.807, 2.05) is 12.3 Å². The summed E-state index contributed by atoms with van der Waals surface area (Å²) in [6.45, 7) is 30.0. The fraction of sp³-hybridized carbons (Fsp3) is 0.247. The number of anilines is 4. The van der Waals surface area contributed by atoms with Crippen LogP contribution in [0.4, 0.5) is 22.7 Å². The van der Waals surface area contributed by atoms with Crippen LogP contribution < -0.4 is 14.5 Å². The Morgan fingerprint density at radius 1 is 0.518 bits per heavy atom. The molecular weight excluding hydrogens is 1190 g/mol. The molecule has 83 heavy (non-hydrogen) atoms. The molecule has 5 nitrogen and oxygen atoms in total. The van der Waals surface area contributed by atoms with Crippen LogP contribution in [0.2, 0.25) is 0 Å². The molecule has 1 unspecified atom stereocenters. The van der Waals surface area contributed by atoms with E-state index in [1.54, 1.807) is 0 Å². The van der Waals surface area contributed by atoms with Crippen LogP contribution in [0, 0.1) is 18.8 Å². The second-order valence-corrected chi connectivity index (χ2v) is 27.3. The molecule has 3 heterocycles. The summed E-state index contributed by atoms with van der Waals surface area (Å²) < 4.78 is 9.60. The first-order valence-electron chi connectivity index (χ1n) is 29.3. The third-order valence-corrected chi connectivity index (χ3v) is 18.0. The van der Waals surface area contributed by atoms with Gasteiger partial charge in [-0.05, 0) is 132 Å². The van der Waals surface area contributed by atoms with E-state index >= 15 is 0 Å². The Bertz CT molecular complexity index is 4190. The van der Waals surface area contributed by atoms with Crippen molar-refractivity contribution in [2.24, 2.45) is 0 Å². The molecule has 0 bridgehead atoms. The summed E-state index contributed by atoms with van der Waals surface area (Å²) in [5.41, 5.74) is 23.3. The quantitative estimate of drug-likeness (QED) is 0.149. The molecule has 14 rings (SSSR count). The predicted octanol–water partition coefficient (Wildman–Crippen LogP) is 20.2. The van der Waals surface area contributed by atoms with Gasteiger partial charge in [-0.2, -0.15) is 6.07 Å². The predicted molar refractivity (Wildman–Crippen MR) is 341 cm³/mol. The molecule has 6 heteroatoms. The van der Waals surface area contributed by atoms with Crippen LogP contribution in [0.5, 0.6) is 11.5 Å². The van der Waals surface area contributed by atoms with E-state index in [9.17, 15) is 0 Å². The molecule has 0 N–H and O–H groups in total. The Labute approximate surface area is 506 Å². The van der Waals surface area contributed by atoms with E-state index in [0.29, 0.717) is 11.5 Å². The first-order chi connectivity index (χ1) is 39.2. The summed E-state index contributed by atoms with van der Waals surface area (Å²) in [7, 11) is 0. The zero-order valence-corrected chi connectivity index (χ0v) is 52.0. The van der Waals surface area contributed by atoms with Crippen LogP contribution in [0.3, 0.4) is 0 Å². The summed E-state index contributed by atoms with van der Waals surface area (Å²) in [5, 5.41) is 1.25. The Morgan fingerprint density at radius 2 is 1.10 bits per heavy atom. The Hall–Kier alpha value is -7.72. The van der Waals surface area contributed by atoms with Gasteiger partial charge in [-0.15, -0.1) is 53.6 Å². The molecule has 8 aromatic carbocycles. The molecule has 2 aromatic heterocycles. The Morgan fingerprint density at radius 3 is 1.73 bits per heavy atom. The first kappa shape index (κ1) is 54.5. The molecule has 0 saturated heterocycles. The topological polar surface area (TPSA) is 33.5 Å². The fourth-order valence-corrected chi connectivity index (χ4v) is 13.7. The minimum absolute atomic E-state index is 0. The van der Waals surface area contributed by atoms with Crippen LogP contribution in [0.25, 0.3) is 56.2 Å². The molecule has 0 radical (unpaired) electrons. The zero-order valence-electron chi connectivity index (χ0n) is 49.8. The van der Waals surface area contributed by atoms with E-state index < -0.39 is 5.41 Å². The van der Waals surface area contributed by atoms with Gasteiger partial charge in [0.2, 0.25) is 0 Å². The third kappa shape index (κ3) is 8.69. The van der Waals surface area contributed by atoms with Crippen molar-refractivity contribution in [1.82, 2.24) is 9.55 Å². The second-order valence-electron chi connectivity index (χ2n) is 27.3. The molecule has 1 aliphatic heterocycles. The van der Waals surface area contributed by atoms with Crippen molar-refractivity contribution < 1.29 is 25.8 Å². The van der Waals surface area contributed by atoms with Crippen molar-refractivity contribution in [3.05, 3.63) is 251 Å². The van der Waals surface area contributed by atoms with Crippen LogP contribution in [-0.4, -0.2) is 9.55 Å². The number of hydrogen-bond acceptors (Lipinski definition) is 4. The number of benzene rings is 8. The monoisotopic (exact) mass is 1260 g/mol. The minimum Gasteiger partial charge on any atom is -0.509 e. The van der Waals surface area contributed by atoms with Crippen molar-refractivity contribution in [1.29, 1.82) is 0 Å². The Balaban J connectivity index is 0.00000645. The van der Waals surface area contributed by atoms with Gasteiger partial charge in [-0.3, -0.25) is 0 Å². The minimum atomic E-state index is -0.434. The van der Waals surface area contributed by atoms with E-state index in [4.69, 9.17) is 9.72 Å². The molecule has 418 valence electrons. The standard InChI is InChI=1S/C77H71N4O.Pt/c1-73(2,3)50-36-37-78-69(43-50)81-67-35-23-32-63-70(67)71-64(77(63)61-30-18-16-28-57(61)58-29-17-19-31-62(58)77)45-56(46-68(71)81)82-55-27-22-26-54(44-55)79-47-80(66-34-21-20-33-65(66)79)72-59(48-24-14-13-15-25-48)41-53(76(10,11)12)42-60(72)49-38-51(74(4,5)6)40-52(39-49)75(7,8)9;/h13-31,33-43,45,47,63H,32H2,1-12H3;/q-3;. The molecule has 1 atom stereocenters. The smallest absolute Gasteiger partial charge is 0.135 e. The number of pyridine rings is 1. The van der Waals surface area contributed by atoms with Crippen molar-refractivity contribution in [2.45, 2.75) is 122 Å². The van der Waals surface area contributed by atoms with Crippen LogP contribution in [-0.2, 0) is 48.1 Å². The first-order valence-corrected chi connectivity index (χ1v) is 29.3. The zero-order chi connectivity index (χ0) is 56.8. The SMILES string of the molecule is CC(C)(C)c1cc(-c2cc(C(C)(C)C)cc(-c3ccccc3)c2N2[CH-]N(c3[c-]c(Oc4[c-]c5c6c(c4)C4(c7ccccc7-c7ccccc74)C4CC=Cc(c64)n5-c4cc(C(C)(C)C)ccn4)ccc3)c3ccccc32)cc(C(C)(C)C)c1.[Pt]. The van der Waals surface area contributed by atoms with Crippen LogP contribution in [0.1, 0.15) is 146 Å². The van der Waals surface area contributed by atoms with E-state index in [2.05, 4.69) is 292 Å². The average Bonchev–Trinajstić information content (AvgIpc) is 1.68. The van der Waals surface area contributed by atoms with Crippen LogP contribution in [0.15, 0.2) is 182 Å². The number of nitrogens with zero attached hydrogens (tertiary/aromatic N) is 4. The molecule has 0 saturated carbocycles. The van der Waals surface area contributed by atoms with Crippen LogP contribution >= 0.6 is 0 Å². The number of hydrogen-bond donors (Lipinski definition) is 0. The van der Waals surface area contributed by atoms with Gasteiger partial charge >= 0.3 is 0 Å². The summed E-state index contributed by atoms with van der Waals surface area (Å²) in [6.07, 6.45) is 7.58. The number of rotatable bonds is 7. The number of allylic oxidation sites excluding steroid dienone is 1. The van der Waals surface area contributed by atoms with Crippen molar-refractivity contribution in [2.75, 3.05) is 9.80 Å². The summed E-state index contributed by atoms with van der Waals surface area (Å²) in [4.78, 5) is 9.81. The van der Waals surface area contributed by atoms with E-state index in [1.165, 1.54) is 89.0 Å². The van der Waals surface area contributed by atoms with Gasteiger partial charge < -0.3 is 19.1 Å². The van der Waals surface area contributed by atoms with Gasteiger partial charge in [0.25, 0.3) is 0 Å². The van der Waals surface area contributed by atoms with E-state index in [0.717, 1.165) is 40.5 Å². The van der Waals surface area contributed by atoms with Gasteiger partial charge in [0, 0.05) is 78.1 Å². The number of ether oxygens (including phenoxy) is 1. The van der Waals surface area contributed by atoms with Crippen molar-refractivity contribution >= 4 is 39.7 Å². The van der Waals surface area contributed by atoms with Gasteiger partial charge in [0.1, 0.15) is 5.82 Å². The van der Waals surface area contributed by atoms with Gasteiger partial charge in [-0.1, -0.05) is 209 Å². The summed E-state index contributed by atoms with van der Waals surface area (Å²) in [6, 6.07) is 70.7. The molecular formula is C77H71N4OPt-3. The maximum atomic E-state index is 7.25. The molecule has 4 aliphatic rings. The molecule has 10 aromatic rings. The third-order valence-electron chi connectivity index (χ3n) is 18.0. The molecule has 1 spiro atoms. The molecule has 0 amide bonds. The van der Waals surface area contributed by atoms with Gasteiger partial charge in [0.05, 0.1) is 0 Å². The maximum absolute atomic E-state index is 7.25. The number of fused-ring (bicyclic) bond motifs is 8. The maximum Gasteiger partial charge on any atom is 0.135 e. The summed E-state index contributed by atoms with van der Waals surface area (Å²) in [5.74, 6) is 2.29. The van der Waals surface area contributed by atoms with E-state index in [-0.39, 0.29) is 48.6 Å². The number of aromatic nitrogens is 2.